The van der Waals surface area contributed by atoms with Gasteiger partial charge in [0.05, 0.1) is 5.69 Å². The van der Waals surface area contributed by atoms with Gasteiger partial charge in [0.25, 0.3) is 0 Å². The third kappa shape index (κ3) is 5.62. The number of hydrogen-bond acceptors (Lipinski definition) is 5. The molecule has 0 aliphatic carbocycles. The Kier molecular flexibility index (Phi) is 7.57. The van der Waals surface area contributed by atoms with Gasteiger partial charge in [-0.25, -0.2) is 4.98 Å². The standard InChI is InChI=1S/C26H31BN6O/c1-3-4-7-19(2)10-11-25(34)32-13-6-9-21(18-32)23-14-24(29-16-20-8-5-12-28-15-20)33-26(31-23)22(27)17-30-33/h3-5,7-8,10-12,14-15,17,21,29H,6,9,13,16,18,27H2,1-2H3/b4-3-,11-10+,19-7+. The largest absolute Gasteiger partial charge is 0.366 e. The summed E-state index contributed by atoms with van der Waals surface area (Å²) in [7, 11) is 2.02. The second kappa shape index (κ2) is 11.0. The number of nitrogens with one attached hydrogen (secondary N) is 1. The maximum atomic E-state index is 12.8. The lowest BCUT2D eigenvalue weighted by atomic mass is 9.93. The molecule has 3 aromatic rings. The molecule has 1 aliphatic heterocycles. The second-order valence-corrected chi connectivity index (χ2v) is 8.74. The van der Waals surface area contributed by atoms with Crippen molar-refractivity contribution in [1.29, 1.82) is 0 Å². The molecule has 1 unspecified atom stereocenters. The van der Waals surface area contributed by atoms with E-state index in [0.717, 1.165) is 53.1 Å². The van der Waals surface area contributed by atoms with E-state index in [9.17, 15) is 4.79 Å². The molecule has 1 fully saturated rings. The number of amides is 1. The summed E-state index contributed by atoms with van der Waals surface area (Å²) in [6.07, 6.45) is 16.9. The number of carbonyl (C=O) groups excluding carboxylic acids is 1. The molecule has 1 amide bonds. The van der Waals surface area contributed by atoms with Gasteiger partial charge in [0.1, 0.15) is 13.7 Å². The molecule has 0 bridgehead atoms. The van der Waals surface area contributed by atoms with Crippen molar-refractivity contribution in [2.75, 3.05) is 18.4 Å². The summed E-state index contributed by atoms with van der Waals surface area (Å²) in [6.45, 7) is 6.06. The maximum Gasteiger partial charge on any atom is 0.246 e. The number of allylic oxidation sites excluding steroid dienone is 5. The fourth-order valence-corrected chi connectivity index (χ4v) is 4.15. The average Bonchev–Trinajstić information content (AvgIpc) is 3.25. The molecular formula is C26H31BN6O. The van der Waals surface area contributed by atoms with Crippen LogP contribution in [0.3, 0.4) is 0 Å². The van der Waals surface area contributed by atoms with Crippen LogP contribution >= 0.6 is 0 Å². The number of likely N-dealkylation sites (tertiary alicyclic amines) is 1. The molecule has 174 valence electrons. The number of carbonyl (C=O) groups is 1. The van der Waals surface area contributed by atoms with E-state index in [1.807, 2.05) is 79.9 Å². The molecule has 3 aromatic heterocycles. The highest BCUT2D eigenvalue weighted by atomic mass is 16.2. The first-order valence-electron chi connectivity index (χ1n) is 11.8. The Hall–Kier alpha value is -3.68. The van der Waals surface area contributed by atoms with Crippen molar-refractivity contribution in [1.82, 2.24) is 24.5 Å². The number of piperidine rings is 1. The quantitative estimate of drug-likeness (QED) is 0.338. The van der Waals surface area contributed by atoms with E-state index in [1.165, 1.54) is 0 Å². The lowest BCUT2D eigenvalue weighted by Gasteiger charge is -2.32. The minimum absolute atomic E-state index is 0.0504. The Morgan fingerprint density at radius 3 is 3.00 bits per heavy atom. The summed E-state index contributed by atoms with van der Waals surface area (Å²) in [5, 5.41) is 8.01. The van der Waals surface area contributed by atoms with Crippen molar-refractivity contribution >= 4 is 30.7 Å². The topological polar surface area (TPSA) is 75.4 Å². The summed E-state index contributed by atoms with van der Waals surface area (Å²) >= 11 is 0. The minimum atomic E-state index is 0.0504. The van der Waals surface area contributed by atoms with Gasteiger partial charge >= 0.3 is 0 Å². The normalized spacial score (nSPS) is 17.2. The second-order valence-electron chi connectivity index (χ2n) is 8.74. The molecule has 1 atom stereocenters. The zero-order chi connectivity index (χ0) is 23.9. The molecule has 7 nitrogen and oxygen atoms in total. The van der Waals surface area contributed by atoms with E-state index in [0.29, 0.717) is 13.1 Å². The number of aromatic nitrogens is 4. The van der Waals surface area contributed by atoms with E-state index >= 15 is 0 Å². The smallest absolute Gasteiger partial charge is 0.246 e. The minimum Gasteiger partial charge on any atom is -0.366 e. The third-order valence-corrected chi connectivity index (χ3v) is 6.06. The number of fused-ring (bicyclic) bond motifs is 1. The Labute approximate surface area is 201 Å². The Balaban J connectivity index is 1.53. The van der Waals surface area contributed by atoms with Crippen LogP contribution in [0.25, 0.3) is 5.65 Å². The number of anilines is 1. The number of hydrogen-bond donors (Lipinski definition) is 1. The predicted octanol–water partition coefficient (Wildman–Crippen LogP) is 2.78. The van der Waals surface area contributed by atoms with Crippen LogP contribution in [0.15, 0.2) is 72.7 Å². The number of rotatable bonds is 7. The van der Waals surface area contributed by atoms with Gasteiger partial charge in [-0.3, -0.25) is 9.78 Å². The first kappa shape index (κ1) is 23.5. The van der Waals surface area contributed by atoms with Crippen molar-refractivity contribution in [3.8, 4) is 0 Å². The molecule has 1 saturated heterocycles. The van der Waals surface area contributed by atoms with Gasteiger partial charge in [-0.15, -0.1) is 0 Å². The molecule has 4 rings (SSSR count). The van der Waals surface area contributed by atoms with Crippen LogP contribution in [0, 0.1) is 0 Å². The summed E-state index contributed by atoms with van der Waals surface area (Å²) in [5.41, 5.74) is 5.02. The van der Waals surface area contributed by atoms with Gasteiger partial charge in [0, 0.05) is 56.3 Å². The summed E-state index contributed by atoms with van der Waals surface area (Å²) < 4.78 is 1.85. The molecule has 0 spiro atoms. The number of pyridine rings is 1. The van der Waals surface area contributed by atoms with Crippen LogP contribution in [-0.2, 0) is 11.3 Å². The third-order valence-electron chi connectivity index (χ3n) is 6.06. The first-order chi connectivity index (χ1) is 16.5. The van der Waals surface area contributed by atoms with E-state index < -0.39 is 0 Å². The van der Waals surface area contributed by atoms with Crippen molar-refractivity contribution in [3.63, 3.8) is 0 Å². The van der Waals surface area contributed by atoms with Gasteiger partial charge in [0.15, 0.2) is 5.65 Å². The van der Waals surface area contributed by atoms with Gasteiger partial charge in [-0.05, 0) is 43.8 Å². The van der Waals surface area contributed by atoms with E-state index in [-0.39, 0.29) is 11.8 Å². The van der Waals surface area contributed by atoms with Crippen molar-refractivity contribution in [2.24, 2.45) is 0 Å². The Morgan fingerprint density at radius 1 is 1.32 bits per heavy atom. The molecule has 0 radical (unpaired) electrons. The van der Waals surface area contributed by atoms with Crippen molar-refractivity contribution in [2.45, 2.75) is 39.2 Å². The van der Waals surface area contributed by atoms with E-state index in [4.69, 9.17) is 4.98 Å². The van der Waals surface area contributed by atoms with Gasteiger partial charge in [0.2, 0.25) is 5.91 Å². The van der Waals surface area contributed by atoms with Crippen LogP contribution in [0.4, 0.5) is 5.82 Å². The fraction of sp³-hybridized carbons (Fsp3) is 0.308. The lowest BCUT2D eigenvalue weighted by molar-refractivity contribution is -0.127. The summed E-state index contributed by atoms with van der Waals surface area (Å²) in [4.78, 5) is 23.9. The van der Waals surface area contributed by atoms with Crippen LogP contribution in [0.1, 0.15) is 43.9 Å². The average molecular weight is 454 g/mol. The highest BCUT2D eigenvalue weighted by Crippen LogP contribution is 2.28. The highest BCUT2D eigenvalue weighted by Gasteiger charge is 2.26. The van der Waals surface area contributed by atoms with Gasteiger partial charge < -0.3 is 10.2 Å². The van der Waals surface area contributed by atoms with E-state index in [1.54, 1.807) is 12.3 Å². The lowest BCUT2D eigenvalue weighted by Crippen LogP contribution is -2.38. The molecule has 34 heavy (non-hydrogen) atoms. The monoisotopic (exact) mass is 454 g/mol. The molecule has 4 heterocycles. The maximum absolute atomic E-state index is 12.8. The predicted molar refractivity (Wildman–Crippen MR) is 139 cm³/mol. The van der Waals surface area contributed by atoms with Crippen LogP contribution in [0.5, 0.6) is 0 Å². The summed E-state index contributed by atoms with van der Waals surface area (Å²) in [6, 6.07) is 6.05. The molecular weight excluding hydrogens is 423 g/mol. The zero-order valence-corrected chi connectivity index (χ0v) is 20.1. The summed E-state index contributed by atoms with van der Waals surface area (Å²) in [5.74, 6) is 1.13. The molecule has 8 heteroatoms. The van der Waals surface area contributed by atoms with Crippen LogP contribution < -0.4 is 10.8 Å². The fourth-order valence-electron chi connectivity index (χ4n) is 4.15. The molecule has 1 aliphatic rings. The molecule has 0 aromatic carbocycles. The van der Waals surface area contributed by atoms with E-state index in [2.05, 4.69) is 21.5 Å². The SMILES string of the molecule is Bc1cnn2c(NCc3cccnc3)cc(C3CCCN(C(=O)/C=C/C(C)=C/C=C\C)C3)nc12. The van der Waals surface area contributed by atoms with Gasteiger partial charge in [-0.1, -0.05) is 35.9 Å². The Bertz CT molecular complexity index is 1230. The highest BCUT2D eigenvalue weighted by molar-refractivity contribution is 6.36. The zero-order valence-electron chi connectivity index (χ0n) is 20.1. The Morgan fingerprint density at radius 2 is 2.21 bits per heavy atom. The molecule has 1 N–H and O–H groups in total. The molecule has 0 saturated carbocycles. The number of nitrogens with zero attached hydrogens (tertiary/aromatic N) is 5. The van der Waals surface area contributed by atoms with Crippen molar-refractivity contribution in [3.05, 3.63) is 84.0 Å². The van der Waals surface area contributed by atoms with Gasteiger partial charge in [-0.2, -0.15) is 9.61 Å². The van der Waals surface area contributed by atoms with Crippen LogP contribution in [0.2, 0.25) is 0 Å². The van der Waals surface area contributed by atoms with Crippen LogP contribution in [-0.4, -0.2) is 51.3 Å². The van der Waals surface area contributed by atoms with Crippen molar-refractivity contribution < 1.29 is 4.79 Å². The first-order valence-corrected chi connectivity index (χ1v) is 11.8.